The lowest BCUT2D eigenvalue weighted by atomic mass is 9.96. The van der Waals surface area contributed by atoms with Gasteiger partial charge in [-0.05, 0) is 12.8 Å². The molecule has 0 aromatic carbocycles. The number of aromatic nitrogens is 2. The van der Waals surface area contributed by atoms with Crippen LogP contribution < -0.4 is 11.5 Å². The number of nitrogens with zero attached hydrogens (tertiary/aromatic N) is 2. The molecule has 1 heterocycles. The summed E-state index contributed by atoms with van der Waals surface area (Å²) in [6, 6.07) is 0. The molecule has 0 unspecified atom stereocenters. The first kappa shape index (κ1) is 12.9. The van der Waals surface area contributed by atoms with Crippen LogP contribution in [0.1, 0.15) is 38.1 Å². The van der Waals surface area contributed by atoms with Crippen molar-refractivity contribution in [2.75, 3.05) is 12.8 Å². The van der Waals surface area contributed by atoms with Crippen LogP contribution in [0.25, 0.3) is 0 Å². The van der Waals surface area contributed by atoms with E-state index in [1.807, 2.05) is 13.8 Å². The Balaban J connectivity index is 3.16. The summed E-state index contributed by atoms with van der Waals surface area (Å²) in [6.07, 6.45) is 3.29. The molecule has 1 rings (SSSR count). The zero-order valence-corrected chi connectivity index (χ0v) is 10.2. The van der Waals surface area contributed by atoms with Gasteiger partial charge in [0.2, 0.25) is 0 Å². The van der Waals surface area contributed by atoms with E-state index < -0.39 is 5.60 Å². The van der Waals surface area contributed by atoms with Gasteiger partial charge < -0.3 is 16.2 Å². The second kappa shape index (κ2) is 5.23. The second-order valence-electron chi connectivity index (χ2n) is 3.71. The normalized spacial score (nSPS) is 11.8. The highest BCUT2D eigenvalue weighted by molar-refractivity contribution is 5.37. The van der Waals surface area contributed by atoms with E-state index in [9.17, 15) is 0 Å². The molecule has 90 valence electrons. The Morgan fingerprint density at radius 3 is 2.38 bits per heavy atom. The van der Waals surface area contributed by atoms with E-state index in [1.165, 1.54) is 0 Å². The van der Waals surface area contributed by atoms with Crippen molar-refractivity contribution >= 4 is 5.82 Å². The van der Waals surface area contributed by atoms with Crippen LogP contribution >= 0.6 is 0 Å². The number of anilines is 1. The summed E-state index contributed by atoms with van der Waals surface area (Å²) in [6.45, 7) is 4.44. The molecule has 0 saturated carbocycles. The zero-order valence-electron chi connectivity index (χ0n) is 10.2. The van der Waals surface area contributed by atoms with Gasteiger partial charge >= 0.3 is 0 Å². The van der Waals surface area contributed by atoms with Crippen molar-refractivity contribution in [1.29, 1.82) is 0 Å². The van der Waals surface area contributed by atoms with Crippen molar-refractivity contribution in [2.45, 2.75) is 38.8 Å². The fraction of sp³-hybridized carbons (Fsp3) is 0.636. The Labute approximate surface area is 96.2 Å². The van der Waals surface area contributed by atoms with Gasteiger partial charge in [0.15, 0.2) is 5.82 Å². The SMILES string of the molecule is CCC(CC)(OC)c1ncc(CN)c(N)n1. The monoisotopic (exact) mass is 224 g/mol. The van der Waals surface area contributed by atoms with Crippen molar-refractivity contribution in [3.8, 4) is 0 Å². The molecule has 0 radical (unpaired) electrons. The lowest BCUT2D eigenvalue weighted by Crippen LogP contribution is -2.30. The van der Waals surface area contributed by atoms with Gasteiger partial charge in [-0.3, -0.25) is 0 Å². The number of methoxy groups -OCH3 is 1. The third kappa shape index (κ3) is 2.15. The molecule has 16 heavy (non-hydrogen) atoms. The number of hydrogen-bond acceptors (Lipinski definition) is 5. The molecule has 4 N–H and O–H groups in total. The Morgan fingerprint density at radius 1 is 1.38 bits per heavy atom. The number of ether oxygens (including phenoxy) is 1. The molecular formula is C11H20N4O. The highest BCUT2D eigenvalue weighted by Crippen LogP contribution is 2.30. The molecule has 0 saturated heterocycles. The molecular weight excluding hydrogens is 204 g/mol. The molecule has 0 bridgehead atoms. The van der Waals surface area contributed by atoms with Gasteiger partial charge in [-0.2, -0.15) is 0 Å². The fourth-order valence-corrected chi connectivity index (χ4v) is 1.74. The third-order valence-corrected chi connectivity index (χ3v) is 3.06. The first-order valence-corrected chi connectivity index (χ1v) is 5.50. The maximum atomic E-state index is 5.81. The van der Waals surface area contributed by atoms with Crippen LogP contribution in [0.5, 0.6) is 0 Å². The molecule has 5 nitrogen and oxygen atoms in total. The predicted molar refractivity (Wildman–Crippen MR) is 63.6 cm³/mol. The van der Waals surface area contributed by atoms with Crippen LogP contribution in [-0.4, -0.2) is 17.1 Å². The molecule has 0 fully saturated rings. The fourth-order valence-electron chi connectivity index (χ4n) is 1.74. The van der Waals surface area contributed by atoms with Gasteiger partial charge in [-0.25, -0.2) is 9.97 Å². The highest BCUT2D eigenvalue weighted by Gasteiger charge is 2.31. The molecule has 0 spiro atoms. The van der Waals surface area contributed by atoms with E-state index in [2.05, 4.69) is 9.97 Å². The maximum absolute atomic E-state index is 5.81. The van der Waals surface area contributed by atoms with E-state index in [0.717, 1.165) is 18.4 Å². The Morgan fingerprint density at radius 2 is 2.00 bits per heavy atom. The summed E-state index contributed by atoms with van der Waals surface area (Å²) in [7, 11) is 1.67. The van der Waals surface area contributed by atoms with Crippen molar-refractivity contribution < 1.29 is 4.74 Å². The van der Waals surface area contributed by atoms with E-state index in [-0.39, 0.29) is 0 Å². The summed E-state index contributed by atoms with van der Waals surface area (Å²) in [5.41, 5.74) is 11.6. The topological polar surface area (TPSA) is 87.0 Å². The van der Waals surface area contributed by atoms with Crippen LogP contribution in [0.4, 0.5) is 5.82 Å². The highest BCUT2D eigenvalue weighted by atomic mass is 16.5. The smallest absolute Gasteiger partial charge is 0.162 e. The molecule has 0 atom stereocenters. The number of rotatable bonds is 5. The number of hydrogen-bond donors (Lipinski definition) is 2. The number of nitrogens with two attached hydrogens (primary N) is 2. The summed E-state index contributed by atoms with van der Waals surface area (Å²) >= 11 is 0. The van der Waals surface area contributed by atoms with Crippen molar-refractivity contribution in [2.24, 2.45) is 5.73 Å². The van der Waals surface area contributed by atoms with E-state index >= 15 is 0 Å². The second-order valence-corrected chi connectivity index (χ2v) is 3.71. The molecule has 0 aliphatic heterocycles. The summed E-state index contributed by atoms with van der Waals surface area (Å²) in [5.74, 6) is 1.07. The van der Waals surface area contributed by atoms with Crippen LogP contribution in [0.15, 0.2) is 6.20 Å². The maximum Gasteiger partial charge on any atom is 0.162 e. The minimum atomic E-state index is -0.443. The largest absolute Gasteiger partial charge is 0.383 e. The molecule has 0 aliphatic rings. The van der Waals surface area contributed by atoms with Crippen LogP contribution in [0.2, 0.25) is 0 Å². The summed E-state index contributed by atoms with van der Waals surface area (Å²) < 4.78 is 5.54. The quantitative estimate of drug-likeness (QED) is 0.784. The minimum absolute atomic E-state index is 0.352. The van der Waals surface area contributed by atoms with Gasteiger partial charge in [0.1, 0.15) is 11.4 Å². The average molecular weight is 224 g/mol. The summed E-state index contributed by atoms with van der Waals surface area (Å²) in [4.78, 5) is 8.59. The molecule has 0 aliphatic carbocycles. The van der Waals surface area contributed by atoms with Crippen molar-refractivity contribution in [3.63, 3.8) is 0 Å². The van der Waals surface area contributed by atoms with E-state index in [0.29, 0.717) is 18.2 Å². The first-order valence-electron chi connectivity index (χ1n) is 5.50. The predicted octanol–water partition coefficient (Wildman–Crippen LogP) is 1.18. The molecule has 1 aromatic rings. The molecule has 1 aromatic heterocycles. The first-order chi connectivity index (χ1) is 7.63. The van der Waals surface area contributed by atoms with Crippen LogP contribution in [0.3, 0.4) is 0 Å². The van der Waals surface area contributed by atoms with Gasteiger partial charge in [-0.1, -0.05) is 13.8 Å². The van der Waals surface area contributed by atoms with Gasteiger partial charge in [0.25, 0.3) is 0 Å². The Kier molecular flexibility index (Phi) is 4.20. The number of nitrogen functional groups attached to an aromatic ring is 1. The van der Waals surface area contributed by atoms with E-state index in [4.69, 9.17) is 16.2 Å². The van der Waals surface area contributed by atoms with Gasteiger partial charge in [0.05, 0.1) is 0 Å². The van der Waals surface area contributed by atoms with Crippen molar-refractivity contribution in [3.05, 3.63) is 17.6 Å². The molecule has 0 amide bonds. The van der Waals surface area contributed by atoms with Crippen LogP contribution in [-0.2, 0) is 16.9 Å². The minimum Gasteiger partial charge on any atom is -0.383 e. The summed E-state index contributed by atoms with van der Waals surface area (Å²) in [5, 5.41) is 0. The standard InChI is InChI=1S/C11H20N4O/c1-4-11(5-2,16-3)10-14-7-8(6-12)9(13)15-10/h7H,4-6,12H2,1-3H3,(H2,13,14,15). The zero-order chi connectivity index (χ0) is 12.2. The van der Waals surface area contributed by atoms with Crippen LogP contribution in [0, 0.1) is 0 Å². The van der Waals surface area contributed by atoms with Crippen molar-refractivity contribution in [1.82, 2.24) is 9.97 Å². The molecule has 5 heteroatoms. The lowest BCUT2D eigenvalue weighted by Gasteiger charge is -2.28. The average Bonchev–Trinajstić information content (AvgIpc) is 2.32. The van der Waals surface area contributed by atoms with Gasteiger partial charge in [-0.15, -0.1) is 0 Å². The lowest BCUT2D eigenvalue weighted by molar-refractivity contribution is -0.0290. The third-order valence-electron chi connectivity index (χ3n) is 3.06. The Hall–Kier alpha value is -1.20. The Bertz CT molecular complexity index is 342. The van der Waals surface area contributed by atoms with Gasteiger partial charge in [0, 0.05) is 25.4 Å². The van der Waals surface area contributed by atoms with E-state index in [1.54, 1.807) is 13.3 Å².